The maximum absolute atomic E-state index is 12.1. The number of rotatable bonds is 26. The molecule has 0 spiro atoms. The van der Waals surface area contributed by atoms with E-state index in [1.165, 1.54) is 116 Å². The molecule has 0 heterocycles. The van der Waals surface area contributed by atoms with Crippen LogP contribution in [0.4, 0.5) is 0 Å². The molecule has 0 unspecified atom stereocenters. The van der Waals surface area contributed by atoms with Gasteiger partial charge in [0.15, 0.2) is 0 Å². The van der Waals surface area contributed by atoms with Gasteiger partial charge in [-0.1, -0.05) is 148 Å². The third-order valence-corrected chi connectivity index (χ3v) is 9.49. The lowest BCUT2D eigenvalue weighted by atomic mass is 10.1. The number of nitrogens with zero attached hydrogens (tertiary/aromatic N) is 1. The van der Waals surface area contributed by atoms with Gasteiger partial charge in [-0.3, -0.25) is 10.1 Å². The van der Waals surface area contributed by atoms with Gasteiger partial charge in [-0.2, -0.15) is 0 Å². The lowest BCUT2D eigenvalue weighted by molar-refractivity contribution is -0.375. The van der Waals surface area contributed by atoms with Gasteiger partial charge in [0.25, 0.3) is 5.70 Å². The summed E-state index contributed by atoms with van der Waals surface area (Å²) in [5.41, 5.74) is 1.03. The van der Waals surface area contributed by atoms with E-state index in [1.807, 2.05) is 30.3 Å². The van der Waals surface area contributed by atoms with Crippen LogP contribution >= 0.6 is 23.5 Å². The van der Waals surface area contributed by atoms with Gasteiger partial charge in [-0.15, -0.1) is 23.5 Å². The molecule has 1 aromatic carbocycles. The van der Waals surface area contributed by atoms with Crippen molar-refractivity contribution in [3.8, 4) is 0 Å². The Balaban J connectivity index is 2.40. The highest BCUT2D eigenvalue weighted by atomic mass is 32.2. The van der Waals surface area contributed by atoms with Crippen LogP contribution in [-0.4, -0.2) is 16.4 Å². The van der Waals surface area contributed by atoms with Crippen molar-refractivity contribution >= 4 is 29.2 Å². The average Bonchev–Trinajstić information content (AvgIpc) is 2.90. The van der Waals surface area contributed by atoms with Crippen molar-refractivity contribution in [2.24, 2.45) is 0 Å². The molecule has 0 bridgehead atoms. The summed E-state index contributed by atoms with van der Waals surface area (Å²) >= 11 is 3.42. The molecule has 1 aromatic rings. The summed E-state index contributed by atoms with van der Waals surface area (Å²) < 4.78 is 0.906. The molecule has 0 saturated heterocycles. The summed E-state index contributed by atoms with van der Waals surface area (Å²) in [5.74, 6) is 1.95. The maximum Gasteiger partial charge on any atom is 0.296 e. The van der Waals surface area contributed by atoms with E-state index in [9.17, 15) is 10.1 Å². The van der Waals surface area contributed by atoms with E-state index in [4.69, 9.17) is 0 Å². The van der Waals surface area contributed by atoms with Crippen molar-refractivity contribution in [3.63, 3.8) is 0 Å². The Kier molecular flexibility index (Phi) is 23.3. The Labute approximate surface area is 237 Å². The Morgan fingerprint density at radius 2 is 0.946 bits per heavy atom. The van der Waals surface area contributed by atoms with Gasteiger partial charge in [0.05, 0.1) is 10.5 Å². The number of thioether (sulfide) groups is 2. The van der Waals surface area contributed by atoms with Crippen molar-refractivity contribution in [2.75, 3.05) is 11.5 Å². The van der Waals surface area contributed by atoms with E-state index in [0.29, 0.717) is 5.70 Å². The molecule has 37 heavy (non-hydrogen) atoms. The maximum atomic E-state index is 12.1. The highest BCUT2D eigenvalue weighted by Crippen LogP contribution is 2.37. The van der Waals surface area contributed by atoms with E-state index < -0.39 is 0 Å². The van der Waals surface area contributed by atoms with Gasteiger partial charge >= 0.3 is 0 Å². The Hall–Kier alpha value is -0.940. The standard InChI is InChI=1S/C32H55NO2S2/c1-3-5-7-9-11-13-15-17-19-24-28-36-32(31(33(34)35)30-26-22-21-23-27-30)37-29-25-20-18-16-14-12-10-8-6-4-2/h21-23,26-27H,3-20,24-25,28-29H2,1-2H3. The Morgan fingerprint density at radius 1 is 0.595 bits per heavy atom. The second-order valence-corrected chi connectivity index (χ2v) is 12.8. The molecular weight excluding hydrogens is 494 g/mol. The van der Waals surface area contributed by atoms with Gasteiger partial charge in [0.2, 0.25) is 0 Å². The quantitative estimate of drug-likeness (QED) is 0.0654. The zero-order chi connectivity index (χ0) is 26.8. The normalized spacial score (nSPS) is 11.1. The van der Waals surface area contributed by atoms with Crippen molar-refractivity contribution < 1.29 is 4.92 Å². The molecule has 0 amide bonds. The van der Waals surface area contributed by atoms with E-state index in [0.717, 1.165) is 34.1 Å². The largest absolute Gasteiger partial charge is 0.296 e. The van der Waals surface area contributed by atoms with Crippen molar-refractivity contribution in [1.82, 2.24) is 0 Å². The van der Waals surface area contributed by atoms with Crippen LogP contribution in [0.25, 0.3) is 5.70 Å². The first-order chi connectivity index (χ1) is 18.2. The highest BCUT2D eigenvalue weighted by molar-refractivity contribution is 8.22. The summed E-state index contributed by atoms with van der Waals surface area (Å²) in [4.78, 5) is 11.9. The van der Waals surface area contributed by atoms with Crippen LogP contribution in [0.15, 0.2) is 34.6 Å². The molecule has 0 radical (unpaired) electrons. The van der Waals surface area contributed by atoms with E-state index in [1.54, 1.807) is 23.5 Å². The summed E-state index contributed by atoms with van der Waals surface area (Å²) in [6.45, 7) is 4.53. The number of hydrogen-bond acceptors (Lipinski definition) is 4. The molecule has 212 valence electrons. The van der Waals surface area contributed by atoms with Gasteiger partial charge in [0.1, 0.15) is 4.24 Å². The first-order valence-corrected chi connectivity index (χ1v) is 17.4. The molecule has 0 atom stereocenters. The molecule has 3 nitrogen and oxygen atoms in total. The van der Waals surface area contributed by atoms with Crippen LogP contribution in [0.3, 0.4) is 0 Å². The molecule has 0 aliphatic rings. The molecule has 0 aliphatic carbocycles. The number of unbranched alkanes of at least 4 members (excludes halogenated alkanes) is 18. The minimum Gasteiger partial charge on any atom is -0.258 e. The molecule has 0 N–H and O–H groups in total. The predicted molar refractivity (Wildman–Crippen MR) is 169 cm³/mol. The summed E-state index contributed by atoms with van der Waals surface area (Å²) in [5, 5.41) is 12.1. The van der Waals surface area contributed by atoms with Crippen LogP contribution in [0.2, 0.25) is 0 Å². The van der Waals surface area contributed by atoms with Gasteiger partial charge in [-0.05, 0) is 36.5 Å². The molecule has 0 aromatic heterocycles. The Bertz CT molecular complexity index is 665. The topological polar surface area (TPSA) is 43.1 Å². The molecule has 0 fully saturated rings. The Morgan fingerprint density at radius 3 is 1.30 bits per heavy atom. The van der Waals surface area contributed by atoms with Crippen molar-refractivity contribution in [3.05, 3.63) is 50.2 Å². The van der Waals surface area contributed by atoms with E-state index in [2.05, 4.69) is 13.8 Å². The predicted octanol–water partition coefficient (Wildman–Crippen LogP) is 11.9. The third-order valence-electron chi connectivity index (χ3n) is 6.89. The number of benzene rings is 1. The highest BCUT2D eigenvalue weighted by Gasteiger charge is 2.21. The lowest BCUT2D eigenvalue weighted by Crippen LogP contribution is -2.01. The molecule has 0 saturated carbocycles. The van der Waals surface area contributed by atoms with Crippen LogP contribution < -0.4 is 0 Å². The third kappa shape index (κ3) is 18.9. The molecule has 0 aliphatic heterocycles. The fourth-order valence-electron chi connectivity index (χ4n) is 4.58. The monoisotopic (exact) mass is 549 g/mol. The zero-order valence-corrected chi connectivity index (χ0v) is 25.7. The summed E-state index contributed by atoms with van der Waals surface area (Å²) in [7, 11) is 0. The fourth-order valence-corrected chi connectivity index (χ4v) is 7.14. The molecular formula is C32H55NO2S2. The van der Waals surface area contributed by atoms with E-state index >= 15 is 0 Å². The van der Waals surface area contributed by atoms with Crippen LogP contribution in [0.1, 0.15) is 148 Å². The fraction of sp³-hybridized carbons (Fsp3) is 0.750. The van der Waals surface area contributed by atoms with Crippen LogP contribution in [0, 0.1) is 10.1 Å². The first kappa shape index (κ1) is 34.1. The van der Waals surface area contributed by atoms with E-state index in [-0.39, 0.29) is 4.92 Å². The minimum absolute atomic E-state index is 0.165. The number of hydrogen-bond donors (Lipinski definition) is 0. The molecule has 5 heteroatoms. The van der Waals surface area contributed by atoms with Crippen LogP contribution in [-0.2, 0) is 0 Å². The number of nitro groups is 1. The zero-order valence-electron chi connectivity index (χ0n) is 24.0. The smallest absolute Gasteiger partial charge is 0.258 e. The lowest BCUT2D eigenvalue weighted by Gasteiger charge is -2.10. The van der Waals surface area contributed by atoms with Gasteiger partial charge in [-0.25, -0.2) is 0 Å². The van der Waals surface area contributed by atoms with Crippen molar-refractivity contribution in [1.29, 1.82) is 0 Å². The molecule has 1 rings (SSSR count). The van der Waals surface area contributed by atoms with Crippen LogP contribution in [0.5, 0.6) is 0 Å². The first-order valence-electron chi connectivity index (χ1n) is 15.4. The SMILES string of the molecule is CCCCCCCCCCCCSC(SCCCCCCCCCCCC)=C(c1ccccc1)[N+](=O)[O-]. The minimum atomic E-state index is -0.165. The van der Waals surface area contributed by atoms with Crippen molar-refractivity contribution in [2.45, 2.75) is 142 Å². The second kappa shape index (κ2) is 25.3. The van der Waals surface area contributed by atoms with Gasteiger partial charge < -0.3 is 0 Å². The van der Waals surface area contributed by atoms with Gasteiger partial charge in [0, 0.05) is 0 Å². The summed E-state index contributed by atoms with van der Waals surface area (Å²) in [6.07, 6.45) is 26.4. The second-order valence-electron chi connectivity index (χ2n) is 10.3. The average molecular weight is 550 g/mol. The summed E-state index contributed by atoms with van der Waals surface area (Å²) in [6, 6.07) is 9.47.